The van der Waals surface area contributed by atoms with E-state index in [9.17, 15) is 13.2 Å². The second kappa shape index (κ2) is 6.32. The fraction of sp³-hybridized carbons (Fsp3) is 0.900. The molecule has 1 atom stereocenters. The third-order valence-corrected chi connectivity index (χ3v) is 4.45. The van der Waals surface area contributed by atoms with Gasteiger partial charge in [-0.05, 0) is 6.92 Å². The van der Waals surface area contributed by atoms with Crippen molar-refractivity contribution in [1.82, 2.24) is 15.5 Å². The highest BCUT2D eigenvalue weighted by atomic mass is 32.2. The highest BCUT2D eigenvalue weighted by Crippen LogP contribution is 1.97. The van der Waals surface area contributed by atoms with Gasteiger partial charge in [0.05, 0.1) is 0 Å². The van der Waals surface area contributed by atoms with Crippen LogP contribution >= 0.6 is 0 Å². The average Bonchev–Trinajstić information content (AvgIpc) is 2.28. The molecule has 1 unspecified atom stereocenters. The van der Waals surface area contributed by atoms with Gasteiger partial charge in [-0.3, -0.25) is 9.69 Å². The van der Waals surface area contributed by atoms with Crippen molar-refractivity contribution < 1.29 is 13.2 Å². The SMILES string of the molecule is CC(C(=O)NCCN1CCNCC1)S(C)(=O)=O. The van der Waals surface area contributed by atoms with E-state index in [1.807, 2.05) is 0 Å². The molecule has 0 bridgehead atoms. The molecule has 1 saturated heterocycles. The van der Waals surface area contributed by atoms with E-state index in [0.717, 1.165) is 39.0 Å². The lowest BCUT2D eigenvalue weighted by Gasteiger charge is -2.27. The number of carbonyl (C=O) groups is 1. The lowest BCUT2D eigenvalue weighted by molar-refractivity contribution is -0.120. The lowest BCUT2D eigenvalue weighted by atomic mass is 10.3. The normalized spacial score (nSPS) is 19.9. The maximum absolute atomic E-state index is 11.5. The molecule has 6 nitrogen and oxygen atoms in total. The van der Waals surface area contributed by atoms with E-state index in [0.29, 0.717) is 6.54 Å². The first-order valence-corrected chi connectivity index (χ1v) is 7.76. The largest absolute Gasteiger partial charge is 0.354 e. The first-order valence-electron chi connectivity index (χ1n) is 5.81. The van der Waals surface area contributed by atoms with Crippen molar-refractivity contribution in [3.8, 4) is 0 Å². The number of hydrogen-bond donors (Lipinski definition) is 2. The summed E-state index contributed by atoms with van der Waals surface area (Å²) in [6.45, 7) is 6.55. The molecule has 17 heavy (non-hydrogen) atoms. The van der Waals surface area contributed by atoms with Crippen LogP contribution in [0.2, 0.25) is 0 Å². The van der Waals surface area contributed by atoms with Gasteiger partial charge in [-0.2, -0.15) is 0 Å². The number of hydrogen-bond acceptors (Lipinski definition) is 5. The van der Waals surface area contributed by atoms with Crippen molar-refractivity contribution in [2.45, 2.75) is 12.2 Å². The van der Waals surface area contributed by atoms with Crippen molar-refractivity contribution in [3.05, 3.63) is 0 Å². The van der Waals surface area contributed by atoms with Crippen LogP contribution in [0, 0.1) is 0 Å². The standard InChI is InChI=1S/C10H21N3O3S/c1-9(17(2,15)16)10(14)12-5-8-13-6-3-11-4-7-13/h9,11H,3-8H2,1-2H3,(H,12,14). The van der Waals surface area contributed by atoms with Crippen LogP contribution in [0.5, 0.6) is 0 Å². The van der Waals surface area contributed by atoms with Gasteiger partial charge in [0, 0.05) is 45.5 Å². The molecule has 0 spiro atoms. The summed E-state index contributed by atoms with van der Waals surface area (Å²) in [4.78, 5) is 13.7. The first kappa shape index (κ1) is 14.4. The van der Waals surface area contributed by atoms with Gasteiger partial charge < -0.3 is 10.6 Å². The number of piperazine rings is 1. The smallest absolute Gasteiger partial charge is 0.238 e. The van der Waals surface area contributed by atoms with Crippen molar-refractivity contribution in [2.24, 2.45) is 0 Å². The molecule has 2 N–H and O–H groups in total. The Kier molecular flexibility index (Phi) is 5.35. The van der Waals surface area contributed by atoms with Crippen LogP contribution in [0.3, 0.4) is 0 Å². The number of nitrogens with one attached hydrogen (secondary N) is 2. The summed E-state index contributed by atoms with van der Waals surface area (Å²) in [6.07, 6.45) is 1.08. The van der Waals surface area contributed by atoms with Crippen LogP contribution in [0.1, 0.15) is 6.92 Å². The van der Waals surface area contributed by atoms with E-state index in [1.54, 1.807) is 0 Å². The Morgan fingerprint density at radius 1 is 1.41 bits per heavy atom. The molecule has 1 amide bonds. The van der Waals surface area contributed by atoms with Gasteiger partial charge in [-0.15, -0.1) is 0 Å². The molecule has 1 aliphatic heterocycles. The van der Waals surface area contributed by atoms with Crippen LogP contribution < -0.4 is 10.6 Å². The van der Waals surface area contributed by atoms with Crippen LogP contribution in [0.25, 0.3) is 0 Å². The van der Waals surface area contributed by atoms with Gasteiger partial charge in [-0.1, -0.05) is 0 Å². The number of sulfone groups is 1. The van der Waals surface area contributed by atoms with E-state index in [2.05, 4.69) is 15.5 Å². The molecule has 7 heteroatoms. The molecule has 0 saturated carbocycles. The van der Waals surface area contributed by atoms with Gasteiger partial charge in [0.15, 0.2) is 9.84 Å². The van der Waals surface area contributed by atoms with E-state index in [-0.39, 0.29) is 0 Å². The zero-order valence-corrected chi connectivity index (χ0v) is 11.2. The fourth-order valence-corrected chi connectivity index (χ4v) is 2.08. The van der Waals surface area contributed by atoms with E-state index in [1.165, 1.54) is 6.92 Å². The molecular formula is C10H21N3O3S. The average molecular weight is 263 g/mol. The zero-order valence-electron chi connectivity index (χ0n) is 10.4. The van der Waals surface area contributed by atoms with Crippen LogP contribution in [0.4, 0.5) is 0 Å². The summed E-state index contributed by atoms with van der Waals surface area (Å²) in [6, 6.07) is 0. The minimum atomic E-state index is -3.29. The monoisotopic (exact) mass is 263 g/mol. The third kappa shape index (κ3) is 5.01. The number of nitrogens with zero attached hydrogens (tertiary/aromatic N) is 1. The van der Waals surface area contributed by atoms with E-state index in [4.69, 9.17) is 0 Å². The second-order valence-electron chi connectivity index (χ2n) is 4.35. The summed E-state index contributed by atoms with van der Waals surface area (Å²) in [5.41, 5.74) is 0. The summed E-state index contributed by atoms with van der Waals surface area (Å²) >= 11 is 0. The van der Waals surface area contributed by atoms with Crippen LogP contribution in [-0.2, 0) is 14.6 Å². The molecule has 0 aromatic rings. The summed E-state index contributed by atoms with van der Waals surface area (Å²) in [5, 5.41) is 4.93. The highest BCUT2D eigenvalue weighted by Gasteiger charge is 2.23. The summed E-state index contributed by atoms with van der Waals surface area (Å²) < 4.78 is 22.3. The predicted octanol–water partition coefficient (Wildman–Crippen LogP) is -1.56. The van der Waals surface area contributed by atoms with Crippen molar-refractivity contribution >= 4 is 15.7 Å². The van der Waals surface area contributed by atoms with Crippen LogP contribution in [0.15, 0.2) is 0 Å². The Morgan fingerprint density at radius 2 is 2.00 bits per heavy atom. The number of rotatable bonds is 5. The Morgan fingerprint density at radius 3 is 2.53 bits per heavy atom. The van der Waals surface area contributed by atoms with Gasteiger partial charge >= 0.3 is 0 Å². The molecule has 1 aliphatic rings. The molecule has 0 aromatic heterocycles. The van der Waals surface area contributed by atoms with Gasteiger partial charge in [0.1, 0.15) is 5.25 Å². The number of amides is 1. The van der Waals surface area contributed by atoms with E-state index >= 15 is 0 Å². The molecule has 0 radical (unpaired) electrons. The second-order valence-corrected chi connectivity index (χ2v) is 6.72. The molecule has 1 rings (SSSR count). The maximum atomic E-state index is 11.5. The van der Waals surface area contributed by atoms with Crippen LogP contribution in [-0.4, -0.2) is 70.0 Å². The van der Waals surface area contributed by atoms with Crippen molar-refractivity contribution in [2.75, 3.05) is 45.5 Å². The highest BCUT2D eigenvalue weighted by molar-refractivity contribution is 7.92. The summed E-state index contributed by atoms with van der Waals surface area (Å²) in [7, 11) is -3.29. The molecule has 1 fully saturated rings. The Balaban J connectivity index is 2.24. The maximum Gasteiger partial charge on any atom is 0.238 e. The minimum Gasteiger partial charge on any atom is -0.354 e. The topological polar surface area (TPSA) is 78.5 Å². The molecule has 0 aromatic carbocycles. The Labute approximate surface area is 103 Å². The predicted molar refractivity (Wildman–Crippen MR) is 66.6 cm³/mol. The van der Waals surface area contributed by atoms with Gasteiger partial charge in [0.2, 0.25) is 5.91 Å². The molecular weight excluding hydrogens is 242 g/mol. The third-order valence-electron chi connectivity index (χ3n) is 2.95. The van der Waals surface area contributed by atoms with Crippen molar-refractivity contribution in [1.29, 1.82) is 0 Å². The van der Waals surface area contributed by atoms with Gasteiger partial charge in [-0.25, -0.2) is 8.42 Å². The first-order chi connectivity index (χ1) is 7.91. The van der Waals surface area contributed by atoms with E-state index < -0.39 is 21.0 Å². The molecule has 0 aliphatic carbocycles. The van der Waals surface area contributed by atoms with Gasteiger partial charge in [0.25, 0.3) is 0 Å². The quantitative estimate of drug-likeness (QED) is 0.627. The molecule has 1 heterocycles. The lowest BCUT2D eigenvalue weighted by Crippen LogP contribution is -2.47. The minimum absolute atomic E-state index is 0.414. The summed E-state index contributed by atoms with van der Waals surface area (Å²) in [5.74, 6) is -0.414. The Hall–Kier alpha value is -0.660. The van der Waals surface area contributed by atoms with Crippen molar-refractivity contribution in [3.63, 3.8) is 0 Å². The fourth-order valence-electron chi connectivity index (χ4n) is 1.61. The number of carbonyl (C=O) groups excluding carboxylic acids is 1. The Bertz CT molecular complexity index is 350. The zero-order chi connectivity index (χ0) is 12.9. The molecule has 100 valence electrons.